The number of nitrogens with one attached hydrogen (secondary N) is 1. The maximum Gasteiger partial charge on any atom is 0.225 e. The molecule has 0 aromatic heterocycles. The molecule has 0 heterocycles. The van der Waals surface area contributed by atoms with E-state index in [0.717, 1.165) is 25.7 Å². The summed E-state index contributed by atoms with van der Waals surface area (Å²) in [6.45, 7) is 1.74. The molecule has 4 aliphatic rings. The van der Waals surface area contributed by atoms with Crippen molar-refractivity contribution in [2.45, 2.75) is 44.6 Å². The van der Waals surface area contributed by atoms with Crippen molar-refractivity contribution in [2.75, 3.05) is 0 Å². The first-order chi connectivity index (χ1) is 7.90. The molecule has 4 fully saturated rings. The summed E-state index contributed by atoms with van der Waals surface area (Å²) >= 11 is 0. The van der Waals surface area contributed by atoms with Crippen LogP contribution in [0, 0.1) is 28.6 Å². The molecule has 0 aromatic rings. The molecule has 4 bridgehead atoms. The fourth-order valence-corrected chi connectivity index (χ4v) is 5.14. The number of nitrogens with two attached hydrogens (primary N) is 2. The molecule has 0 radical (unpaired) electrons. The van der Waals surface area contributed by atoms with E-state index in [-0.39, 0.29) is 5.91 Å². The first kappa shape index (κ1) is 11.2. The lowest BCUT2D eigenvalue weighted by Gasteiger charge is -2.64. The first-order valence-electron chi connectivity index (χ1n) is 6.54. The quantitative estimate of drug-likeness (QED) is 0.624. The van der Waals surface area contributed by atoms with Crippen LogP contribution in [0.1, 0.15) is 39.0 Å². The Balaban J connectivity index is 2.14. The van der Waals surface area contributed by atoms with E-state index in [1.54, 1.807) is 6.92 Å². The van der Waals surface area contributed by atoms with Crippen LogP contribution in [-0.2, 0) is 4.79 Å². The summed E-state index contributed by atoms with van der Waals surface area (Å²) in [4.78, 5) is 12.0. The second-order valence-electron chi connectivity index (χ2n) is 6.48. The number of primary amides is 1. The standard InChI is InChI=1S/C13H21N3O/c1-7(14)13(16)10-3-8-2-9(4-10)6-12(13,5-8)11(15)17/h8-10,14H,2-6,16H2,1H3,(H2,15,17). The minimum absolute atomic E-state index is 0.272. The number of carbonyl (C=O) groups is 1. The van der Waals surface area contributed by atoms with Gasteiger partial charge in [-0.15, -0.1) is 0 Å². The average molecular weight is 235 g/mol. The zero-order valence-electron chi connectivity index (χ0n) is 10.3. The van der Waals surface area contributed by atoms with Crippen molar-refractivity contribution < 1.29 is 4.79 Å². The smallest absolute Gasteiger partial charge is 0.225 e. The summed E-state index contributed by atoms with van der Waals surface area (Å²) in [6, 6.07) is 0. The van der Waals surface area contributed by atoms with Crippen LogP contribution in [-0.4, -0.2) is 17.2 Å². The average Bonchev–Trinajstić information content (AvgIpc) is 2.23. The van der Waals surface area contributed by atoms with E-state index in [2.05, 4.69) is 0 Å². The van der Waals surface area contributed by atoms with Crippen LogP contribution >= 0.6 is 0 Å². The van der Waals surface area contributed by atoms with Crippen LogP contribution in [0.3, 0.4) is 0 Å². The maximum atomic E-state index is 12.0. The SMILES string of the molecule is CC(=N)C1(N)C2CC3CC(C2)CC1(C(N)=O)C3. The molecular formula is C13H21N3O. The van der Waals surface area contributed by atoms with E-state index in [1.165, 1.54) is 6.42 Å². The van der Waals surface area contributed by atoms with Gasteiger partial charge in [-0.3, -0.25) is 4.79 Å². The minimum atomic E-state index is -0.772. The van der Waals surface area contributed by atoms with Crippen molar-refractivity contribution >= 4 is 11.6 Å². The maximum absolute atomic E-state index is 12.0. The van der Waals surface area contributed by atoms with Crippen LogP contribution in [0.15, 0.2) is 0 Å². The highest BCUT2D eigenvalue weighted by atomic mass is 16.1. The van der Waals surface area contributed by atoms with E-state index in [9.17, 15) is 4.79 Å². The number of carbonyl (C=O) groups excluding carboxylic acids is 1. The second kappa shape index (κ2) is 3.10. The Morgan fingerprint density at radius 1 is 1.24 bits per heavy atom. The Kier molecular flexibility index (Phi) is 2.05. The van der Waals surface area contributed by atoms with Crippen molar-refractivity contribution in [2.24, 2.45) is 34.6 Å². The highest BCUT2D eigenvalue weighted by molar-refractivity contribution is 5.98. The molecule has 4 heteroatoms. The Bertz CT molecular complexity index is 391. The van der Waals surface area contributed by atoms with Gasteiger partial charge >= 0.3 is 0 Å². The molecule has 94 valence electrons. The van der Waals surface area contributed by atoms with Crippen molar-refractivity contribution in [3.63, 3.8) is 0 Å². The summed E-state index contributed by atoms with van der Waals surface area (Å²) < 4.78 is 0. The molecule has 0 aliphatic heterocycles. The molecule has 4 nitrogen and oxygen atoms in total. The van der Waals surface area contributed by atoms with E-state index in [4.69, 9.17) is 16.9 Å². The van der Waals surface area contributed by atoms with Gasteiger partial charge in [-0.25, -0.2) is 0 Å². The lowest BCUT2D eigenvalue weighted by Crippen LogP contribution is -2.75. The molecule has 4 aliphatic carbocycles. The summed E-state index contributed by atoms with van der Waals surface area (Å²) in [5, 5.41) is 8.05. The van der Waals surface area contributed by atoms with Crippen LogP contribution in [0.4, 0.5) is 0 Å². The third-order valence-electron chi connectivity index (χ3n) is 5.70. The topological polar surface area (TPSA) is 93.0 Å². The Hall–Kier alpha value is -0.900. The largest absolute Gasteiger partial charge is 0.369 e. The Morgan fingerprint density at radius 2 is 1.76 bits per heavy atom. The number of amides is 1. The monoisotopic (exact) mass is 235 g/mol. The lowest BCUT2D eigenvalue weighted by molar-refractivity contribution is -0.152. The molecule has 17 heavy (non-hydrogen) atoms. The zero-order valence-corrected chi connectivity index (χ0v) is 10.3. The number of hydrogen-bond donors (Lipinski definition) is 3. The molecule has 0 aromatic carbocycles. The summed E-state index contributed by atoms with van der Waals surface area (Å²) in [5.41, 5.74) is 11.3. The van der Waals surface area contributed by atoms with Gasteiger partial charge in [0.2, 0.25) is 5.91 Å². The molecule has 4 saturated carbocycles. The highest BCUT2D eigenvalue weighted by Crippen LogP contribution is 2.63. The molecule has 3 unspecified atom stereocenters. The van der Waals surface area contributed by atoms with Gasteiger partial charge < -0.3 is 16.9 Å². The molecule has 4 rings (SSSR count). The number of hydrogen-bond acceptors (Lipinski definition) is 3. The van der Waals surface area contributed by atoms with Crippen molar-refractivity contribution in [3.8, 4) is 0 Å². The van der Waals surface area contributed by atoms with E-state index in [0.29, 0.717) is 23.5 Å². The van der Waals surface area contributed by atoms with Gasteiger partial charge in [0, 0.05) is 5.71 Å². The van der Waals surface area contributed by atoms with Gasteiger partial charge in [-0.1, -0.05) is 0 Å². The summed E-state index contributed by atoms with van der Waals surface area (Å²) in [5.74, 6) is 1.23. The van der Waals surface area contributed by atoms with Crippen LogP contribution < -0.4 is 11.5 Å². The van der Waals surface area contributed by atoms with E-state index < -0.39 is 11.0 Å². The predicted octanol–water partition coefficient (Wildman–Crippen LogP) is 1.04. The van der Waals surface area contributed by atoms with Crippen LogP contribution in [0.25, 0.3) is 0 Å². The number of rotatable bonds is 2. The molecular weight excluding hydrogens is 214 g/mol. The lowest BCUT2D eigenvalue weighted by atomic mass is 9.41. The highest BCUT2D eigenvalue weighted by Gasteiger charge is 2.67. The summed E-state index contributed by atoms with van der Waals surface area (Å²) in [6.07, 6.45) is 5.01. The fourth-order valence-electron chi connectivity index (χ4n) is 5.14. The molecule has 5 N–H and O–H groups in total. The summed E-state index contributed by atoms with van der Waals surface area (Å²) in [7, 11) is 0. The zero-order chi connectivity index (χ0) is 12.4. The van der Waals surface area contributed by atoms with E-state index >= 15 is 0 Å². The van der Waals surface area contributed by atoms with Crippen molar-refractivity contribution in [1.82, 2.24) is 0 Å². The van der Waals surface area contributed by atoms with Crippen molar-refractivity contribution in [1.29, 1.82) is 5.41 Å². The Morgan fingerprint density at radius 3 is 2.18 bits per heavy atom. The third kappa shape index (κ3) is 1.12. The normalized spacial score (nSPS) is 51.5. The molecule has 3 atom stereocenters. The first-order valence-corrected chi connectivity index (χ1v) is 6.54. The second-order valence-corrected chi connectivity index (χ2v) is 6.48. The van der Waals surface area contributed by atoms with Gasteiger partial charge in [0.15, 0.2) is 0 Å². The van der Waals surface area contributed by atoms with Gasteiger partial charge in [0.05, 0.1) is 11.0 Å². The molecule has 0 spiro atoms. The van der Waals surface area contributed by atoms with Crippen LogP contribution in [0.2, 0.25) is 0 Å². The third-order valence-corrected chi connectivity index (χ3v) is 5.70. The van der Waals surface area contributed by atoms with Crippen LogP contribution in [0.5, 0.6) is 0 Å². The molecule has 1 amide bonds. The minimum Gasteiger partial charge on any atom is -0.369 e. The van der Waals surface area contributed by atoms with Gasteiger partial charge in [0.25, 0.3) is 0 Å². The van der Waals surface area contributed by atoms with Crippen molar-refractivity contribution in [3.05, 3.63) is 0 Å². The Labute approximate surface area is 102 Å². The van der Waals surface area contributed by atoms with Gasteiger partial charge in [0.1, 0.15) is 0 Å². The van der Waals surface area contributed by atoms with E-state index in [1.807, 2.05) is 0 Å². The molecule has 0 saturated heterocycles. The van der Waals surface area contributed by atoms with Gasteiger partial charge in [-0.05, 0) is 56.8 Å². The fraction of sp³-hybridized carbons (Fsp3) is 0.846. The predicted molar refractivity (Wildman–Crippen MR) is 65.5 cm³/mol. The van der Waals surface area contributed by atoms with Gasteiger partial charge in [-0.2, -0.15) is 0 Å².